The lowest BCUT2D eigenvalue weighted by molar-refractivity contribution is 0.260. The summed E-state index contributed by atoms with van der Waals surface area (Å²) in [6.07, 6.45) is 1.51. The highest BCUT2D eigenvalue weighted by atomic mass is 79.9. The molecule has 0 aliphatic carbocycles. The SMILES string of the molecule is C=CCN(CCO)S(=O)(=O)c1cc(C)c(Br)cc1C. The number of hydrogen-bond acceptors (Lipinski definition) is 3. The average Bonchev–Trinajstić information content (AvgIpc) is 2.33. The van der Waals surface area contributed by atoms with Gasteiger partial charge in [-0.2, -0.15) is 4.31 Å². The van der Waals surface area contributed by atoms with E-state index in [1.54, 1.807) is 19.1 Å². The molecule has 0 heterocycles. The molecule has 0 unspecified atom stereocenters. The summed E-state index contributed by atoms with van der Waals surface area (Å²) in [5.74, 6) is 0. The highest BCUT2D eigenvalue weighted by Crippen LogP contribution is 2.26. The van der Waals surface area contributed by atoms with Crippen LogP contribution in [0, 0.1) is 13.8 Å². The first-order chi connectivity index (χ1) is 8.84. The molecule has 1 aromatic carbocycles. The summed E-state index contributed by atoms with van der Waals surface area (Å²) < 4.78 is 27.2. The van der Waals surface area contributed by atoms with Crippen LogP contribution in [0.4, 0.5) is 0 Å². The van der Waals surface area contributed by atoms with E-state index in [9.17, 15) is 8.42 Å². The van der Waals surface area contributed by atoms with Crippen LogP contribution in [0.5, 0.6) is 0 Å². The molecule has 106 valence electrons. The first-order valence-electron chi connectivity index (χ1n) is 5.83. The van der Waals surface area contributed by atoms with E-state index >= 15 is 0 Å². The molecule has 4 nitrogen and oxygen atoms in total. The lowest BCUT2D eigenvalue weighted by Crippen LogP contribution is -2.34. The number of benzene rings is 1. The summed E-state index contributed by atoms with van der Waals surface area (Å²) in [5, 5.41) is 8.99. The van der Waals surface area contributed by atoms with Crippen molar-refractivity contribution in [3.8, 4) is 0 Å². The van der Waals surface area contributed by atoms with Gasteiger partial charge in [0, 0.05) is 17.6 Å². The molecule has 1 rings (SSSR count). The van der Waals surface area contributed by atoms with Gasteiger partial charge < -0.3 is 5.11 Å². The second-order valence-electron chi connectivity index (χ2n) is 4.24. The van der Waals surface area contributed by atoms with Crippen LogP contribution in [-0.4, -0.2) is 37.5 Å². The van der Waals surface area contributed by atoms with E-state index in [1.807, 2.05) is 6.92 Å². The number of aliphatic hydroxyl groups is 1. The van der Waals surface area contributed by atoms with Gasteiger partial charge >= 0.3 is 0 Å². The number of aryl methyl sites for hydroxylation is 2. The van der Waals surface area contributed by atoms with Crippen molar-refractivity contribution >= 4 is 26.0 Å². The number of sulfonamides is 1. The number of hydrogen-bond donors (Lipinski definition) is 1. The Morgan fingerprint density at radius 2 is 2.00 bits per heavy atom. The third kappa shape index (κ3) is 3.66. The van der Waals surface area contributed by atoms with Crippen LogP contribution in [0.2, 0.25) is 0 Å². The highest BCUT2D eigenvalue weighted by Gasteiger charge is 2.25. The van der Waals surface area contributed by atoms with Crippen LogP contribution in [0.3, 0.4) is 0 Å². The summed E-state index contributed by atoms with van der Waals surface area (Å²) >= 11 is 3.38. The molecular formula is C13H18BrNO3S. The molecular weight excluding hydrogens is 330 g/mol. The summed E-state index contributed by atoms with van der Waals surface area (Å²) in [7, 11) is -3.61. The molecule has 0 spiro atoms. The van der Waals surface area contributed by atoms with E-state index in [1.165, 1.54) is 10.4 Å². The number of halogens is 1. The van der Waals surface area contributed by atoms with E-state index in [4.69, 9.17) is 5.11 Å². The number of nitrogens with zero attached hydrogens (tertiary/aromatic N) is 1. The molecule has 19 heavy (non-hydrogen) atoms. The molecule has 1 N–H and O–H groups in total. The molecule has 1 aromatic rings. The molecule has 0 atom stereocenters. The first kappa shape index (κ1) is 16.4. The number of aliphatic hydroxyl groups excluding tert-OH is 1. The maximum absolute atomic E-state index is 12.5. The zero-order chi connectivity index (χ0) is 14.6. The summed E-state index contributed by atoms with van der Waals surface area (Å²) in [6.45, 7) is 7.16. The van der Waals surface area contributed by atoms with Gasteiger partial charge in [0.05, 0.1) is 11.5 Å². The second-order valence-corrected chi connectivity index (χ2v) is 7.00. The van der Waals surface area contributed by atoms with E-state index < -0.39 is 10.0 Å². The van der Waals surface area contributed by atoms with Crippen molar-refractivity contribution in [2.45, 2.75) is 18.7 Å². The maximum atomic E-state index is 12.5. The molecule has 0 bridgehead atoms. The van der Waals surface area contributed by atoms with Crippen molar-refractivity contribution in [1.29, 1.82) is 0 Å². The van der Waals surface area contributed by atoms with Crippen molar-refractivity contribution in [3.05, 3.63) is 40.4 Å². The fraction of sp³-hybridized carbons (Fsp3) is 0.385. The second kappa shape index (κ2) is 6.65. The lowest BCUT2D eigenvalue weighted by Gasteiger charge is -2.21. The van der Waals surface area contributed by atoms with Crippen LogP contribution in [0.25, 0.3) is 0 Å². The molecule has 0 amide bonds. The minimum absolute atomic E-state index is 0.0584. The van der Waals surface area contributed by atoms with Gasteiger partial charge in [-0.1, -0.05) is 22.0 Å². The normalized spacial score (nSPS) is 11.8. The zero-order valence-electron chi connectivity index (χ0n) is 11.1. The predicted molar refractivity (Wildman–Crippen MR) is 79.7 cm³/mol. The fourth-order valence-corrected chi connectivity index (χ4v) is 3.89. The van der Waals surface area contributed by atoms with Crippen LogP contribution in [0.15, 0.2) is 34.2 Å². The predicted octanol–water partition coefficient (Wildman–Crippen LogP) is 2.23. The minimum Gasteiger partial charge on any atom is -0.395 e. The highest BCUT2D eigenvalue weighted by molar-refractivity contribution is 9.10. The summed E-state index contributed by atoms with van der Waals surface area (Å²) in [5.41, 5.74) is 1.52. The van der Waals surface area contributed by atoms with Gasteiger partial charge in [-0.15, -0.1) is 6.58 Å². The fourth-order valence-electron chi connectivity index (χ4n) is 1.74. The van der Waals surface area contributed by atoms with Gasteiger partial charge in [0.2, 0.25) is 10.0 Å². The Morgan fingerprint density at radius 3 is 2.53 bits per heavy atom. The standard InChI is InChI=1S/C13H18BrNO3S/c1-4-5-15(6-7-16)19(17,18)13-9-10(2)12(14)8-11(13)3/h4,8-9,16H,1,5-7H2,2-3H3. The Hall–Kier alpha value is -0.690. The van der Waals surface area contributed by atoms with Crippen LogP contribution in [-0.2, 0) is 10.0 Å². The topological polar surface area (TPSA) is 57.6 Å². The quantitative estimate of drug-likeness (QED) is 0.802. The van der Waals surface area contributed by atoms with Crippen molar-refractivity contribution < 1.29 is 13.5 Å². The Bertz CT molecular complexity index is 569. The monoisotopic (exact) mass is 347 g/mol. The minimum atomic E-state index is -3.61. The van der Waals surface area contributed by atoms with Crippen LogP contribution < -0.4 is 0 Å². The first-order valence-corrected chi connectivity index (χ1v) is 8.06. The third-order valence-corrected chi connectivity index (χ3v) is 5.62. The molecule has 0 aliphatic rings. The number of rotatable bonds is 6. The Kier molecular flexibility index (Phi) is 5.73. The van der Waals surface area contributed by atoms with E-state index in [0.29, 0.717) is 5.56 Å². The van der Waals surface area contributed by atoms with Crippen molar-refractivity contribution in [2.24, 2.45) is 0 Å². The molecule has 0 aromatic heterocycles. The molecule has 0 radical (unpaired) electrons. The smallest absolute Gasteiger partial charge is 0.243 e. The van der Waals surface area contributed by atoms with Gasteiger partial charge in [0.1, 0.15) is 0 Å². The molecule has 0 saturated carbocycles. The van der Waals surface area contributed by atoms with Crippen molar-refractivity contribution in [3.63, 3.8) is 0 Å². The van der Waals surface area contributed by atoms with Gasteiger partial charge in [0.15, 0.2) is 0 Å². The van der Waals surface area contributed by atoms with E-state index in [2.05, 4.69) is 22.5 Å². The molecule has 0 fully saturated rings. The van der Waals surface area contributed by atoms with Gasteiger partial charge in [-0.3, -0.25) is 0 Å². The van der Waals surface area contributed by atoms with Gasteiger partial charge in [-0.05, 0) is 37.1 Å². The van der Waals surface area contributed by atoms with Gasteiger partial charge in [0.25, 0.3) is 0 Å². The summed E-state index contributed by atoms with van der Waals surface area (Å²) in [4.78, 5) is 0.267. The average molecular weight is 348 g/mol. The van der Waals surface area contributed by atoms with E-state index in [-0.39, 0.29) is 24.6 Å². The van der Waals surface area contributed by atoms with Crippen LogP contribution in [0.1, 0.15) is 11.1 Å². The molecule has 0 aliphatic heterocycles. The molecule has 0 saturated heterocycles. The lowest BCUT2D eigenvalue weighted by atomic mass is 10.2. The third-order valence-electron chi connectivity index (χ3n) is 2.76. The summed E-state index contributed by atoms with van der Waals surface area (Å²) in [6, 6.07) is 3.43. The largest absolute Gasteiger partial charge is 0.395 e. The molecule has 6 heteroatoms. The van der Waals surface area contributed by atoms with E-state index in [0.717, 1.165) is 10.0 Å². The van der Waals surface area contributed by atoms with Crippen molar-refractivity contribution in [1.82, 2.24) is 4.31 Å². The van der Waals surface area contributed by atoms with Gasteiger partial charge in [-0.25, -0.2) is 8.42 Å². The maximum Gasteiger partial charge on any atom is 0.243 e. The van der Waals surface area contributed by atoms with Crippen molar-refractivity contribution in [2.75, 3.05) is 19.7 Å². The zero-order valence-corrected chi connectivity index (χ0v) is 13.5. The van der Waals surface area contributed by atoms with Crippen LogP contribution >= 0.6 is 15.9 Å². The Labute approximate surface area is 122 Å². The Balaban J connectivity index is 3.32. The Morgan fingerprint density at radius 1 is 1.37 bits per heavy atom.